The van der Waals surface area contributed by atoms with Gasteiger partial charge in [-0.2, -0.15) is 11.8 Å². The summed E-state index contributed by atoms with van der Waals surface area (Å²) in [5.74, 6) is 0.808. The normalized spacial score (nSPS) is 11.7. The van der Waals surface area contributed by atoms with E-state index >= 15 is 0 Å². The molecule has 0 aromatic carbocycles. The minimum atomic E-state index is 0. The van der Waals surface area contributed by atoms with Crippen LogP contribution in [0, 0.1) is 0 Å². The second-order valence-corrected chi connectivity index (χ2v) is 6.08. The lowest BCUT2D eigenvalue weighted by atomic mass is 10.2. The number of nitrogens with zero attached hydrogens (tertiary/aromatic N) is 2. The van der Waals surface area contributed by atoms with Crippen molar-refractivity contribution in [2.24, 2.45) is 4.99 Å². The Balaban J connectivity index is 0.00000324. The molecule has 108 valence electrons. The predicted octanol–water partition coefficient (Wildman–Crippen LogP) is 2.51. The van der Waals surface area contributed by atoms with Crippen molar-refractivity contribution in [3.8, 4) is 0 Å². The van der Waals surface area contributed by atoms with Gasteiger partial charge in [0.25, 0.3) is 0 Å². The molecule has 0 saturated heterocycles. The molecule has 2 N–H and O–H groups in total. The molecule has 0 aliphatic heterocycles. The summed E-state index contributed by atoms with van der Waals surface area (Å²) in [5.41, 5.74) is 1.00. The lowest BCUT2D eigenvalue weighted by Gasteiger charge is -2.23. The van der Waals surface area contributed by atoms with E-state index in [1.165, 1.54) is 0 Å². The van der Waals surface area contributed by atoms with Gasteiger partial charge in [0.05, 0.1) is 12.2 Å². The molecule has 1 aromatic heterocycles. The lowest BCUT2D eigenvalue weighted by molar-refractivity contribution is 0.663. The molecule has 0 bridgehead atoms. The average Bonchev–Trinajstić information content (AvgIpc) is 2.40. The summed E-state index contributed by atoms with van der Waals surface area (Å²) >= 11 is 1.84. The van der Waals surface area contributed by atoms with Crippen molar-refractivity contribution < 1.29 is 0 Å². The molecular formula is C13H23IN4S. The standard InChI is InChI=1S/C13H22N4S.HI/c1-13(2,18-4)10-17-12(14-3)16-9-11-7-5-6-8-15-11;/h5-8H,9-10H2,1-4H3,(H2,14,16,17);1H. The van der Waals surface area contributed by atoms with Gasteiger partial charge in [-0.05, 0) is 32.2 Å². The number of thioether (sulfide) groups is 1. The lowest BCUT2D eigenvalue weighted by Crippen LogP contribution is -2.43. The SMILES string of the molecule is CN=C(NCc1ccccn1)NCC(C)(C)SC.I. The second kappa shape index (κ2) is 9.41. The van der Waals surface area contributed by atoms with Crippen molar-refractivity contribution in [1.29, 1.82) is 0 Å². The molecule has 0 amide bonds. The average molecular weight is 394 g/mol. The van der Waals surface area contributed by atoms with E-state index in [-0.39, 0.29) is 28.7 Å². The molecule has 1 heterocycles. The number of hydrogen-bond donors (Lipinski definition) is 2. The van der Waals surface area contributed by atoms with Gasteiger partial charge in [-0.3, -0.25) is 9.98 Å². The maximum atomic E-state index is 4.26. The number of pyridine rings is 1. The van der Waals surface area contributed by atoms with Crippen molar-refractivity contribution >= 4 is 41.7 Å². The topological polar surface area (TPSA) is 49.3 Å². The number of rotatable bonds is 5. The van der Waals surface area contributed by atoms with E-state index < -0.39 is 0 Å². The second-order valence-electron chi connectivity index (χ2n) is 4.56. The molecule has 0 atom stereocenters. The summed E-state index contributed by atoms with van der Waals surface area (Å²) in [6.45, 7) is 5.96. The van der Waals surface area contributed by atoms with Crippen molar-refractivity contribution in [2.75, 3.05) is 19.8 Å². The van der Waals surface area contributed by atoms with Crippen LogP contribution in [0.3, 0.4) is 0 Å². The van der Waals surface area contributed by atoms with Gasteiger partial charge in [0, 0.05) is 24.5 Å². The number of halogens is 1. The zero-order valence-corrected chi connectivity index (χ0v) is 15.1. The third-order valence-electron chi connectivity index (χ3n) is 2.62. The predicted molar refractivity (Wildman–Crippen MR) is 95.4 cm³/mol. The summed E-state index contributed by atoms with van der Waals surface area (Å²) in [6.07, 6.45) is 3.91. The van der Waals surface area contributed by atoms with Gasteiger partial charge >= 0.3 is 0 Å². The van der Waals surface area contributed by atoms with Crippen LogP contribution in [0.15, 0.2) is 29.4 Å². The Morgan fingerprint density at radius 1 is 1.37 bits per heavy atom. The quantitative estimate of drug-likeness (QED) is 0.458. The van der Waals surface area contributed by atoms with Gasteiger partial charge < -0.3 is 10.6 Å². The molecule has 0 unspecified atom stereocenters. The Bertz CT molecular complexity index is 381. The van der Waals surface area contributed by atoms with Crippen molar-refractivity contribution in [1.82, 2.24) is 15.6 Å². The third-order valence-corrected chi connectivity index (χ3v) is 3.87. The zero-order valence-electron chi connectivity index (χ0n) is 11.9. The molecule has 0 aliphatic carbocycles. The van der Waals surface area contributed by atoms with E-state index in [1.807, 2.05) is 30.0 Å². The highest BCUT2D eigenvalue weighted by atomic mass is 127. The first-order valence-electron chi connectivity index (χ1n) is 5.97. The highest BCUT2D eigenvalue weighted by molar-refractivity contribution is 14.0. The van der Waals surface area contributed by atoms with Crippen LogP contribution in [-0.2, 0) is 6.54 Å². The van der Waals surface area contributed by atoms with Crippen LogP contribution in [0.1, 0.15) is 19.5 Å². The van der Waals surface area contributed by atoms with Gasteiger partial charge in [0.15, 0.2) is 5.96 Å². The summed E-state index contributed by atoms with van der Waals surface area (Å²) in [5, 5.41) is 6.57. The Labute approximate surface area is 137 Å². The van der Waals surface area contributed by atoms with E-state index in [9.17, 15) is 0 Å². The number of hydrogen-bond acceptors (Lipinski definition) is 3. The Hall–Kier alpha value is -0.500. The molecule has 1 aromatic rings. The number of aromatic nitrogens is 1. The van der Waals surface area contributed by atoms with Crippen molar-refractivity contribution in [3.63, 3.8) is 0 Å². The number of aliphatic imine (C=N–C) groups is 1. The third kappa shape index (κ3) is 7.61. The molecule has 0 fully saturated rings. The van der Waals surface area contributed by atoms with Crippen molar-refractivity contribution in [3.05, 3.63) is 30.1 Å². The monoisotopic (exact) mass is 394 g/mol. The fraction of sp³-hybridized carbons (Fsp3) is 0.538. The van der Waals surface area contributed by atoms with Gasteiger partial charge in [-0.1, -0.05) is 6.07 Å². The summed E-state index contributed by atoms with van der Waals surface area (Å²) in [7, 11) is 1.78. The number of guanidine groups is 1. The first kappa shape index (κ1) is 18.5. The molecule has 0 saturated carbocycles. The summed E-state index contributed by atoms with van der Waals surface area (Å²) in [6, 6.07) is 5.89. The van der Waals surface area contributed by atoms with Gasteiger partial charge in [-0.15, -0.1) is 24.0 Å². The van der Waals surface area contributed by atoms with Gasteiger partial charge in [-0.25, -0.2) is 0 Å². The minimum Gasteiger partial charge on any atom is -0.355 e. The van der Waals surface area contributed by atoms with Crippen LogP contribution in [0.4, 0.5) is 0 Å². The van der Waals surface area contributed by atoms with Gasteiger partial charge in [0.1, 0.15) is 0 Å². The molecular weight excluding hydrogens is 371 g/mol. The first-order chi connectivity index (χ1) is 8.57. The maximum absolute atomic E-state index is 4.26. The first-order valence-corrected chi connectivity index (χ1v) is 7.19. The molecule has 1 rings (SSSR count). The van der Waals surface area contributed by atoms with Crippen LogP contribution < -0.4 is 10.6 Å². The molecule has 0 aliphatic rings. The highest BCUT2D eigenvalue weighted by Crippen LogP contribution is 2.19. The fourth-order valence-electron chi connectivity index (χ4n) is 1.27. The molecule has 4 nitrogen and oxygen atoms in total. The van der Waals surface area contributed by atoms with Crippen LogP contribution in [0.5, 0.6) is 0 Å². The number of nitrogens with one attached hydrogen (secondary N) is 2. The van der Waals surface area contributed by atoms with E-state index in [4.69, 9.17) is 0 Å². The molecule has 0 radical (unpaired) electrons. The van der Waals surface area contributed by atoms with Crippen LogP contribution >= 0.6 is 35.7 Å². The molecule has 0 spiro atoms. The largest absolute Gasteiger partial charge is 0.355 e. The Morgan fingerprint density at radius 2 is 2.11 bits per heavy atom. The van der Waals surface area contributed by atoms with Crippen LogP contribution in [-0.4, -0.2) is 35.5 Å². The minimum absolute atomic E-state index is 0. The molecule has 6 heteroatoms. The van der Waals surface area contributed by atoms with Gasteiger partial charge in [0.2, 0.25) is 0 Å². The maximum Gasteiger partial charge on any atom is 0.191 e. The van der Waals surface area contributed by atoms with E-state index in [1.54, 1.807) is 13.2 Å². The molecule has 19 heavy (non-hydrogen) atoms. The summed E-state index contributed by atoms with van der Waals surface area (Å²) < 4.78 is 0.197. The summed E-state index contributed by atoms with van der Waals surface area (Å²) in [4.78, 5) is 8.46. The van der Waals surface area contributed by atoms with E-state index in [0.717, 1.165) is 18.2 Å². The Kier molecular flexibility index (Phi) is 9.16. The van der Waals surface area contributed by atoms with E-state index in [2.05, 4.69) is 40.7 Å². The Morgan fingerprint density at radius 3 is 2.63 bits per heavy atom. The highest BCUT2D eigenvalue weighted by Gasteiger charge is 2.15. The zero-order chi connectivity index (χ0) is 13.4. The fourth-order valence-corrected chi connectivity index (χ4v) is 1.48. The van der Waals surface area contributed by atoms with Crippen LogP contribution in [0.2, 0.25) is 0 Å². The van der Waals surface area contributed by atoms with Crippen molar-refractivity contribution in [2.45, 2.75) is 25.1 Å². The van der Waals surface area contributed by atoms with Crippen LogP contribution in [0.25, 0.3) is 0 Å². The van der Waals surface area contributed by atoms with E-state index in [0.29, 0.717) is 6.54 Å². The smallest absolute Gasteiger partial charge is 0.191 e.